The van der Waals surface area contributed by atoms with Crippen molar-refractivity contribution >= 4 is 46.1 Å². The predicted octanol–water partition coefficient (Wildman–Crippen LogP) is 5.35. The van der Waals surface area contributed by atoms with Crippen LogP contribution in [0.1, 0.15) is 18.1 Å². The molecule has 0 bridgehead atoms. The SMILES string of the molecule is C/C(=N/NC(=O)Nc1ccc(C)cc1)c1ccc(NC(=S)Nc2ccccc2)cc1. The molecule has 30 heavy (non-hydrogen) atoms. The number of amides is 2. The van der Waals surface area contributed by atoms with Gasteiger partial charge in [0.15, 0.2) is 5.11 Å². The monoisotopic (exact) mass is 417 g/mol. The van der Waals surface area contributed by atoms with Gasteiger partial charge in [-0.15, -0.1) is 0 Å². The summed E-state index contributed by atoms with van der Waals surface area (Å²) in [5, 5.41) is 13.7. The number of nitrogens with one attached hydrogen (secondary N) is 4. The highest BCUT2D eigenvalue weighted by Gasteiger charge is 2.03. The summed E-state index contributed by atoms with van der Waals surface area (Å²) in [6.07, 6.45) is 0. The maximum absolute atomic E-state index is 12.0. The molecular formula is C23H23N5OS. The molecule has 2 amide bonds. The van der Waals surface area contributed by atoms with Crippen molar-refractivity contribution in [3.63, 3.8) is 0 Å². The van der Waals surface area contributed by atoms with Crippen LogP contribution in [0.2, 0.25) is 0 Å². The number of hydrogen-bond acceptors (Lipinski definition) is 3. The van der Waals surface area contributed by atoms with Crippen LogP contribution in [0.4, 0.5) is 21.9 Å². The third-order valence-electron chi connectivity index (χ3n) is 4.23. The van der Waals surface area contributed by atoms with Crippen LogP contribution in [-0.4, -0.2) is 16.9 Å². The molecule has 7 heteroatoms. The Hall–Kier alpha value is -3.71. The molecule has 3 aromatic rings. The smallest absolute Gasteiger partial charge is 0.332 e. The minimum absolute atomic E-state index is 0.395. The molecule has 0 spiro atoms. The molecule has 6 nitrogen and oxygen atoms in total. The summed E-state index contributed by atoms with van der Waals surface area (Å²) in [4.78, 5) is 12.0. The molecule has 4 N–H and O–H groups in total. The number of nitrogens with zero attached hydrogens (tertiary/aromatic N) is 1. The predicted molar refractivity (Wildman–Crippen MR) is 128 cm³/mol. The number of aryl methyl sites for hydroxylation is 1. The van der Waals surface area contributed by atoms with Crippen LogP contribution in [0.3, 0.4) is 0 Å². The molecule has 0 aliphatic heterocycles. The fourth-order valence-electron chi connectivity index (χ4n) is 2.60. The van der Waals surface area contributed by atoms with E-state index in [-0.39, 0.29) is 0 Å². The number of urea groups is 1. The van der Waals surface area contributed by atoms with Gasteiger partial charge in [0, 0.05) is 17.1 Å². The minimum Gasteiger partial charge on any atom is -0.332 e. The molecule has 0 aromatic heterocycles. The molecular weight excluding hydrogens is 394 g/mol. The quantitative estimate of drug-likeness (QED) is 0.256. The van der Waals surface area contributed by atoms with Gasteiger partial charge in [-0.25, -0.2) is 10.2 Å². The highest BCUT2D eigenvalue weighted by molar-refractivity contribution is 7.80. The standard InChI is InChI=1S/C23H23N5OS/c1-16-8-12-20(13-9-16)24-22(29)28-27-17(2)18-10-14-21(15-11-18)26-23(30)25-19-6-4-3-5-7-19/h3-15H,1-2H3,(H2,24,28,29)(H2,25,26,30)/b27-17-. The molecule has 0 radical (unpaired) electrons. The molecule has 0 aliphatic rings. The summed E-state index contributed by atoms with van der Waals surface area (Å²) >= 11 is 5.33. The van der Waals surface area contributed by atoms with Crippen molar-refractivity contribution in [3.8, 4) is 0 Å². The number of carbonyl (C=O) groups is 1. The van der Waals surface area contributed by atoms with Gasteiger partial charge in [-0.1, -0.05) is 48.0 Å². The van der Waals surface area contributed by atoms with Crippen LogP contribution in [0, 0.1) is 6.92 Å². The van der Waals surface area contributed by atoms with Crippen molar-refractivity contribution in [2.75, 3.05) is 16.0 Å². The number of hydrogen-bond donors (Lipinski definition) is 4. The van der Waals surface area contributed by atoms with E-state index in [1.807, 2.05) is 92.7 Å². The largest absolute Gasteiger partial charge is 0.339 e. The minimum atomic E-state index is -0.395. The highest BCUT2D eigenvalue weighted by atomic mass is 32.1. The Labute approximate surface area is 181 Å². The molecule has 152 valence electrons. The van der Waals surface area contributed by atoms with Gasteiger partial charge in [0.05, 0.1) is 5.71 Å². The Morgan fingerprint density at radius 1 is 0.767 bits per heavy atom. The summed E-state index contributed by atoms with van der Waals surface area (Å²) in [5.74, 6) is 0. The highest BCUT2D eigenvalue weighted by Crippen LogP contribution is 2.12. The Balaban J connectivity index is 1.52. The van der Waals surface area contributed by atoms with Crippen LogP contribution in [0.25, 0.3) is 0 Å². The molecule has 0 aliphatic carbocycles. The van der Waals surface area contributed by atoms with E-state index in [4.69, 9.17) is 12.2 Å². The van der Waals surface area contributed by atoms with E-state index in [1.54, 1.807) is 0 Å². The number of carbonyl (C=O) groups excluding carboxylic acids is 1. The molecule has 0 unspecified atom stereocenters. The van der Waals surface area contributed by atoms with Gasteiger partial charge in [-0.3, -0.25) is 0 Å². The van der Waals surface area contributed by atoms with Crippen molar-refractivity contribution < 1.29 is 4.79 Å². The molecule has 0 atom stereocenters. The van der Waals surface area contributed by atoms with Gasteiger partial charge in [-0.2, -0.15) is 5.10 Å². The first-order valence-electron chi connectivity index (χ1n) is 9.41. The average Bonchev–Trinajstić information content (AvgIpc) is 2.75. The number of para-hydroxylation sites is 1. The maximum atomic E-state index is 12.0. The zero-order valence-corrected chi connectivity index (χ0v) is 17.6. The van der Waals surface area contributed by atoms with E-state index < -0.39 is 6.03 Å². The van der Waals surface area contributed by atoms with E-state index >= 15 is 0 Å². The van der Waals surface area contributed by atoms with E-state index in [9.17, 15) is 4.79 Å². The van der Waals surface area contributed by atoms with Crippen molar-refractivity contribution in [1.29, 1.82) is 0 Å². The number of anilines is 3. The lowest BCUT2D eigenvalue weighted by Crippen LogP contribution is -2.25. The second-order valence-corrected chi connectivity index (χ2v) is 7.06. The Bertz CT molecular complexity index is 1030. The first-order chi connectivity index (χ1) is 14.5. The van der Waals surface area contributed by atoms with Crippen molar-refractivity contribution in [2.24, 2.45) is 5.10 Å². The molecule has 3 rings (SSSR count). The van der Waals surface area contributed by atoms with Crippen LogP contribution in [0.15, 0.2) is 84.0 Å². The first kappa shape index (κ1) is 21.0. The van der Waals surface area contributed by atoms with Crippen molar-refractivity contribution in [1.82, 2.24) is 5.43 Å². The topological polar surface area (TPSA) is 77.5 Å². The number of rotatable bonds is 5. The second kappa shape index (κ2) is 10.2. The lowest BCUT2D eigenvalue weighted by Gasteiger charge is -2.11. The van der Waals surface area contributed by atoms with Gasteiger partial charge >= 0.3 is 6.03 Å². The Morgan fingerprint density at radius 2 is 1.30 bits per heavy atom. The second-order valence-electron chi connectivity index (χ2n) is 6.65. The average molecular weight is 418 g/mol. The van der Waals surface area contributed by atoms with Crippen LogP contribution in [-0.2, 0) is 0 Å². The van der Waals surface area contributed by atoms with Crippen LogP contribution >= 0.6 is 12.2 Å². The maximum Gasteiger partial charge on any atom is 0.339 e. The van der Waals surface area contributed by atoms with E-state index in [2.05, 4.69) is 26.5 Å². The summed E-state index contributed by atoms with van der Waals surface area (Å²) in [5.41, 5.74) is 7.69. The third kappa shape index (κ3) is 6.42. The van der Waals surface area contributed by atoms with Gasteiger partial charge in [-0.05, 0) is 68.0 Å². The lowest BCUT2D eigenvalue weighted by atomic mass is 10.1. The van der Waals surface area contributed by atoms with E-state index in [1.165, 1.54) is 0 Å². The van der Waals surface area contributed by atoms with Gasteiger partial charge < -0.3 is 16.0 Å². The van der Waals surface area contributed by atoms with Gasteiger partial charge in [0.25, 0.3) is 0 Å². The molecule has 0 saturated carbocycles. The van der Waals surface area contributed by atoms with E-state index in [0.717, 1.165) is 22.5 Å². The normalized spacial score (nSPS) is 10.8. The molecule has 3 aromatic carbocycles. The summed E-state index contributed by atoms with van der Waals surface area (Å²) < 4.78 is 0. The fraction of sp³-hybridized carbons (Fsp3) is 0.0870. The van der Waals surface area contributed by atoms with Crippen molar-refractivity contribution in [2.45, 2.75) is 13.8 Å². The first-order valence-corrected chi connectivity index (χ1v) is 9.82. The number of thiocarbonyl (C=S) groups is 1. The zero-order chi connectivity index (χ0) is 21.3. The lowest BCUT2D eigenvalue weighted by molar-refractivity contribution is 0.252. The van der Waals surface area contributed by atoms with E-state index in [0.29, 0.717) is 16.5 Å². The summed E-state index contributed by atoms with van der Waals surface area (Å²) in [7, 11) is 0. The summed E-state index contributed by atoms with van der Waals surface area (Å²) in [6.45, 7) is 3.82. The van der Waals surface area contributed by atoms with Crippen molar-refractivity contribution in [3.05, 3.63) is 90.0 Å². The number of benzene rings is 3. The van der Waals surface area contributed by atoms with Crippen LogP contribution < -0.4 is 21.4 Å². The molecule has 0 saturated heterocycles. The zero-order valence-electron chi connectivity index (χ0n) is 16.8. The summed E-state index contributed by atoms with van der Waals surface area (Å²) in [6, 6.07) is 24.5. The van der Waals surface area contributed by atoms with Crippen LogP contribution in [0.5, 0.6) is 0 Å². The Morgan fingerprint density at radius 3 is 1.93 bits per heavy atom. The van der Waals surface area contributed by atoms with Gasteiger partial charge in [0.2, 0.25) is 0 Å². The third-order valence-corrected chi connectivity index (χ3v) is 4.43. The fourth-order valence-corrected chi connectivity index (χ4v) is 2.84. The number of hydrazone groups is 1. The van der Waals surface area contributed by atoms with Gasteiger partial charge in [0.1, 0.15) is 0 Å². The molecule has 0 fully saturated rings. The molecule has 0 heterocycles. The Kier molecular flexibility index (Phi) is 7.13.